The van der Waals surface area contributed by atoms with E-state index < -0.39 is 5.97 Å². The van der Waals surface area contributed by atoms with Gasteiger partial charge in [-0.1, -0.05) is 112 Å². The number of aliphatic carboxylic acids is 1. The summed E-state index contributed by atoms with van der Waals surface area (Å²) in [4.78, 5) is 22.9. The monoisotopic (exact) mass is 538 g/mol. The van der Waals surface area contributed by atoms with Crippen LogP contribution >= 0.6 is 0 Å². The van der Waals surface area contributed by atoms with Gasteiger partial charge < -0.3 is 9.84 Å². The fourth-order valence-corrected chi connectivity index (χ4v) is 3.65. The first-order valence-corrected chi connectivity index (χ1v) is 15.1. The van der Waals surface area contributed by atoms with Crippen LogP contribution in [0.1, 0.15) is 117 Å². The van der Waals surface area contributed by atoms with Crippen LogP contribution in [0.2, 0.25) is 0 Å². The summed E-state index contributed by atoms with van der Waals surface area (Å²) in [6.07, 6.45) is 43.5. The van der Waals surface area contributed by atoms with Crippen LogP contribution in [0.3, 0.4) is 0 Å². The van der Waals surface area contributed by atoms with Gasteiger partial charge in [-0.3, -0.25) is 9.59 Å². The van der Waals surface area contributed by atoms with E-state index in [1.807, 2.05) is 12.2 Å². The summed E-state index contributed by atoms with van der Waals surface area (Å²) < 4.78 is 5.69. The smallest absolute Gasteiger partial charge is 0.306 e. The predicted molar refractivity (Wildman–Crippen MR) is 167 cm³/mol. The van der Waals surface area contributed by atoms with Crippen molar-refractivity contribution in [1.29, 1.82) is 0 Å². The summed E-state index contributed by atoms with van der Waals surface area (Å²) in [5, 5.41) is 8.72. The minimum absolute atomic E-state index is 0.161. The second-order valence-corrected chi connectivity index (χ2v) is 9.55. The molecule has 1 atom stereocenters. The molecule has 0 bridgehead atoms. The molecule has 0 aliphatic rings. The first kappa shape index (κ1) is 36.1. The minimum Gasteiger partial charge on any atom is -0.481 e. The lowest BCUT2D eigenvalue weighted by molar-refractivity contribution is -0.147. The van der Waals surface area contributed by atoms with Gasteiger partial charge in [-0.2, -0.15) is 0 Å². The Balaban J connectivity index is 4.00. The molecule has 0 aliphatic heterocycles. The zero-order valence-corrected chi connectivity index (χ0v) is 24.6. The fourth-order valence-electron chi connectivity index (χ4n) is 3.65. The highest BCUT2D eigenvalue weighted by Gasteiger charge is 2.11. The average Bonchev–Trinajstić information content (AvgIpc) is 2.91. The van der Waals surface area contributed by atoms with Gasteiger partial charge in [0.15, 0.2) is 0 Å². The third kappa shape index (κ3) is 29.5. The number of esters is 1. The van der Waals surface area contributed by atoms with Gasteiger partial charge in [-0.15, -0.1) is 0 Å². The highest BCUT2D eigenvalue weighted by Crippen LogP contribution is 2.13. The summed E-state index contributed by atoms with van der Waals surface area (Å²) in [6, 6.07) is 0. The number of ether oxygens (including phenoxy) is 1. The van der Waals surface area contributed by atoms with Gasteiger partial charge in [0.2, 0.25) is 0 Å². The van der Waals surface area contributed by atoms with E-state index in [1.165, 1.54) is 0 Å². The lowest BCUT2D eigenvalue weighted by Crippen LogP contribution is -2.16. The molecule has 0 aromatic carbocycles. The quantitative estimate of drug-likeness (QED) is 0.0713. The van der Waals surface area contributed by atoms with E-state index in [-0.39, 0.29) is 18.5 Å². The molecule has 0 rings (SSSR count). The predicted octanol–water partition coefficient (Wildman–Crippen LogP) is 10.2. The normalized spacial score (nSPS) is 13.5. The van der Waals surface area contributed by atoms with Crippen LogP contribution in [0.4, 0.5) is 0 Å². The molecular weight excluding hydrogens is 484 g/mol. The van der Waals surface area contributed by atoms with Crippen LogP contribution in [0.25, 0.3) is 0 Å². The van der Waals surface area contributed by atoms with Crippen molar-refractivity contribution in [2.75, 3.05) is 0 Å². The SMILES string of the molecule is CC/C=C\C/C=C\C/C=C\C/C=C\C/C=C\C/C=C\CCC(=O)OC(/C=C\CCC)CCCCCCC(=O)O. The molecule has 0 aromatic rings. The number of carbonyl (C=O) groups is 2. The average molecular weight is 539 g/mol. The topological polar surface area (TPSA) is 63.6 Å². The molecule has 4 heteroatoms. The van der Waals surface area contributed by atoms with Crippen molar-refractivity contribution < 1.29 is 19.4 Å². The lowest BCUT2D eigenvalue weighted by Gasteiger charge is -2.14. The third-order valence-corrected chi connectivity index (χ3v) is 5.83. The Bertz CT molecular complexity index is 795. The summed E-state index contributed by atoms with van der Waals surface area (Å²) >= 11 is 0. The standard InChI is InChI=1S/C35H54O4/c1-3-5-7-8-9-10-11-12-13-14-15-16-17-18-19-20-21-22-28-32-35(38)39-33(29-25-6-4-2)30-26-23-24-27-31-34(36)37/h5,7,9-10,12-13,15-16,18-19,21-22,25,29,33H,3-4,6,8,11,14,17,20,23-24,26-28,30-32H2,1-2H3,(H,36,37)/b7-5-,10-9-,13-12-,16-15-,19-18-,22-21-,29-25-. The first-order chi connectivity index (χ1) is 19.1. The molecule has 0 aliphatic carbocycles. The van der Waals surface area contributed by atoms with Crippen molar-refractivity contribution in [2.45, 2.75) is 123 Å². The molecule has 0 heterocycles. The summed E-state index contributed by atoms with van der Waals surface area (Å²) in [6.45, 7) is 4.27. The van der Waals surface area contributed by atoms with Crippen molar-refractivity contribution in [1.82, 2.24) is 0 Å². The molecule has 0 saturated heterocycles. The van der Waals surface area contributed by atoms with Crippen molar-refractivity contribution >= 4 is 11.9 Å². The molecular formula is C35H54O4. The van der Waals surface area contributed by atoms with Crippen molar-refractivity contribution in [3.8, 4) is 0 Å². The number of hydrogen-bond acceptors (Lipinski definition) is 3. The van der Waals surface area contributed by atoms with E-state index in [2.05, 4.69) is 86.8 Å². The van der Waals surface area contributed by atoms with Gasteiger partial charge in [0.1, 0.15) is 6.10 Å². The van der Waals surface area contributed by atoms with E-state index in [0.29, 0.717) is 19.3 Å². The number of carboxylic acids is 1. The molecule has 4 nitrogen and oxygen atoms in total. The van der Waals surface area contributed by atoms with Crippen LogP contribution in [0.5, 0.6) is 0 Å². The minimum atomic E-state index is -0.740. The summed E-state index contributed by atoms with van der Waals surface area (Å²) in [5.74, 6) is -0.900. The van der Waals surface area contributed by atoms with Crippen LogP contribution in [0.15, 0.2) is 85.1 Å². The number of rotatable bonds is 25. The molecule has 0 aromatic heterocycles. The van der Waals surface area contributed by atoms with Gasteiger partial charge in [0.25, 0.3) is 0 Å². The number of unbranched alkanes of at least 4 members (excludes halogenated alkanes) is 4. The molecule has 0 saturated carbocycles. The Hall–Kier alpha value is -2.88. The van der Waals surface area contributed by atoms with E-state index in [0.717, 1.165) is 77.0 Å². The lowest BCUT2D eigenvalue weighted by atomic mass is 10.1. The highest BCUT2D eigenvalue weighted by atomic mass is 16.5. The second-order valence-electron chi connectivity index (χ2n) is 9.55. The van der Waals surface area contributed by atoms with Gasteiger partial charge in [0.05, 0.1) is 0 Å². The number of carbonyl (C=O) groups excluding carboxylic acids is 1. The summed E-state index contributed by atoms with van der Waals surface area (Å²) in [7, 11) is 0. The first-order valence-electron chi connectivity index (χ1n) is 15.1. The fraction of sp³-hybridized carbons (Fsp3) is 0.543. The van der Waals surface area contributed by atoms with Gasteiger partial charge in [-0.25, -0.2) is 0 Å². The van der Waals surface area contributed by atoms with E-state index in [4.69, 9.17) is 9.84 Å². The van der Waals surface area contributed by atoms with Crippen molar-refractivity contribution in [2.24, 2.45) is 0 Å². The van der Waals surface area contributed by atoms with Crippen LogP contribution in [-0.4, -0.2) is 23.1 Å². The molecule has 0 spiro atoms. The molecule has 0 fully saturated rings. The Morgan fingerprint density at radius 2 is 1.13 bits per heavy atom. The highest BCUT2D eigenvalue weighted by molar-refractivity contribution is 5.69. The van der Waals surface area contributed by atoms with Crippen LogP contribution in [0, 0.1) is 0 Å². The maximum absolute atomic E-state index is 12.3. The molecule has 1 N–H and O–H groups in total. The van der Waals surface area contributed by atoms with E-state index in [1.54, 1.807) is 0 Å². The summed E-state index contributed by atoms with van der Waals surface area (Å²) in [5.41, 5.74) is 0. The largest absolute Gasteiger partial charge is 0.481 e. The molecule has 39 heavy (non-hydrogen) atoms. The Morgan fingerprint density at radius 1 is 0.615 bits per heavy atom. The Morgan fingerprint density at radius 3 is 1.64 bits per heavy atom. The number of allylic oxidation sites excluding steroid dienone is 13. The van der Waals surface area contributed by atoms with E-state index in [9.17, 15) is 9.59 Å². The zero-order chi connectivity index (χ0) is 28.7. The van der Waals surface area contributed by atoms with Crippen LogP contribution in [-0.2, 0) is 14.3 Å². The van der Waals surface area contributed by atoms with Gasteiger partial charge in [0, 0.05) is 12.8 Å². The van der Waals surface area contributed by atoms with E-state index >= 15 is 0 Å². The van der Waals surface area contributed by atoms with Crippen LogP contribution < -0.4 is 0 Å². The maximum Gasteiger partial charge on any atom is 0.306 e. The molecule has 0 amide bonds. The Kier molecular flexibility index (Phi) is 27.5. The molecule has 0 radical (unpaired) electrons. The van der Waals surface area contributed by atoms with Gasteiger partial charge in [-0.05, 0) is 76.7 Å². The Labute approximate surface area is 239 Å². The third-order valence-electron chi connectivity index (χ3n) is 5.83. The van der Waals surface area contributed by atoms with Crippen molar-refractivity contribution in [3.05, 3.63) is 85.1 Å². The second kappa shape index (κ2) is 29.7. The molecule has 1 unspecified atom stereocenters. The number of hydrogen-bond donors (Lipinski definition) is 1. The number of carboxylic acid groups (broad SMARTS) is 1. The van der Waals surface area contributed by atoms with Crippen molar-refractivity contribution in [3.63, 3.8) is 0 Å². The maximum atomic E-state index is 12.3. The zero-order valence-electron chi connectivity index (χ0n) is 24.6. The molecule has 218 valence electrons. The van der Waals surface area contributed by atoms with Gasteiger partial charge >= 0.3 is 11.9 Å².